The van der Waals surface area contributed by atoms with E-state index in [1.54, 1.807) is 0 Å². The van der Waals surface area contributed by atoms with Gasteiger partial charge in [0.15, 0.2) is 11.0 Å². The van der Waals surface area contributed by atoms with Gasteiger partial charge in [0.05, 0.1) is 0 Å². The summed E-state index contributed by atoms with van der Waals surface area (Å²) in [5, 5.41) is 11.9. The Balaban J connectivity index is 2.09. The molecule has 1 aliphatic rings. The van der Waals surface area contributed by atoms with Crippen LogP contribution in [0.5, 0.6) is 0 Å². The molecule has 0 spiro atoms. The van der Waals surface area contributed by atoms with Crippen LogP contribution in [0.2, 0.25) is 5.15 Å². The van der Waals surface area contributed by atoms with Gasteiger partial charge in [-0.1, -0.05) is 18.5 Å². The van der Waals surface area contributed by atoms with Crippen molar-refractivity contribution in [2.75, 3.05) is 5.73 Å². The molecular weight excluding hydrogens is 290 g/mol. The van der Waals surface area contributed by atoms with E-state index in [4.69, 9.17) is 17.3 Å². The predicted octanol–water partition coefficient (Wildman–Crippen LogP) is 2.29. The molecule has 2 atom stereocenters. The van der Waals surface area contributed by atoms with Gasteiger partial charge >= 0.3 is 0 Å². The second-order valence-corrected chi connectivity index (χ2v) is 5.59. The summed E-state index contributed by atoms with van der Waals surface area (Å²) in [6.45, 7) is 1.92. The first kappa shape index (κ1) is 13.4. The first-order valence-electron chi connectivity index (χ1n) is 6.29. The molecule has 0 amide bonds. The van der Waals surface area contributed by atoms with Gasteiger partial charge in [-0.2, -0.15) is 9.50 Å². The van der Waals surface area contributed by atoms with Crippen LogP contribution in [0.25, 0.3) is 5.65 Å². The molecule has 9 heteroatoms. The number of aromatic nitrogens is 5. The highest BCUT2D eigenvalue weighted by Gasteiger charge is 2.42. The average molecular weight is 303 g/mol. The Bertz CT molecular complexity index is 658. The standard InChI is InChI=1S/C11H13ClF2N6/c1-5-2-3-11(13,14)4-6(5)8-17-18-9-7(12)16-10(15)19-20(8)9/h5-6H,2-4H2,1H3,(H2,15,19). The van der Waals surface area contributed by atoms with Crippen molar-refractivity contribution in [3.05, 3.63) is 11.0 Å². The molecule has 2 unspecified atom stereocenters. The van der Waals surface area contributed by atoms with E-state index in [0.29, 0.717) is 12.2 Å². The van der Waals surface area contributed by atoms with Gasteiger partial charge in [0.1, 0.15) is 0 Å². The van der Waals surface area contributed by atoms with Crippen molar-refractivity contribution < 1.29 is 8.78 Å². The SMILES string of the molecule is CC1CCC(F)(F)CC1c1nnc2c(Cl)nc(N)nn12. The van der Waals surface area contributed by atoms with E-state index in [0.717, 1.165) is 0 Å². The smallest absolute Gasteiger partial charge is 0.248 e. The number of hydrogen-bond acceptors (Lipinski definition) is 5. The highest BCUT2D eigenvalue weighted by Crippen LogP contribution is 2.44. The fourth-order valence-corrected chi connectivity index (χ4v) is 2.84. The van der Waals surface area contributed by atoms with Crippen molar-refractivity contribution in [3.8, 4) is 0 Å². The van der Waals surface area contributed by atoms with Crippen LogP contribution in [0.15, 0.2) is 0 Å². The first-order valence-corrected chi connectivity index (χ1v) is 6.67. The molecule has 2 aromatic heterocycles. The van der Waals surface area contributed by atoms with Gasteiger partial charge in [-0.15, -0.1) is 15.3 Å². The molecule has 0 saturated heterocycles. The number of alkyl halides is 2. The molecular formula is C11H13ClF2N6. The Morgan fingerprint density at radius 1 is 1.40 bits per heavy atom. The van der Waals surface area contributed by atoms with Crippen LogP contribution in [0.3, 0.4) is 0 Å². The molecule has 108 valence electrons. The molecule has 1 fully saturated rings. The largest absolute Gasteiger partial charge is 0.366 e. The Morgan fingerprint density at radius 3 is 2.90 bits per heavy atom. The van der Waals surface area contributed by atoms with E-state index >= 15 is 0 Å². The van der Waals surface area contributed by atoms with Crippen molar-refractivity contribution in [1.29, 1.82) is 0 Å². The van der Waals surface area contributed by atoms with Crippen LogP contribution in [-0.2, 0) is 0 Å². The van der Waals surface area contributed by atoms with Gasteiger partial charge in [0.25, 0.3) is 0 Å². The van der Waals surface area contributed by atoms with E-state index in [2.05, 4.69) is 20.3 Å². The number of halogens is 3. The summed E-state index contributed by atoms with van der Waals surface area (Å²) in [6.07, 6.45) is 0.0661. The summed E-state index contributed by atoms with van der Waals surface area (Å²) in [5.74, 6) is -2.73. The lowest BCUT2D eigenvalue weighted by Gasteiger charge is -2.32. The lowest BCUT2D eigenvalue weighted by molar-refractivity contribution is -0.0538. The van der Waals surface area contributed by atoms with Crippen LogP contribution >= 0.6 is 11.6 Å². The highest BCUT2D eigenvalue weighted by atomic mass is 35.5. The van der Waals surface area contributed by atoms with E-state index < -0.39 is 11.8 Å². The summed E-state index contributed by atoms with van der Waals surface area (Å²) < 4.78 is 28.6. The van der Waals surface area contributed by atoms with Crippen molar-refractivity contribution >= 4 is 23.2 Å². The van der Waals surface area contributed by atoms with Crippen LogP contribution in [-0.4, -0.2) is 30.7 Å². The molecule has 20 heavy (non-hydrogen) atoms. The van der Waals surface area contributed by atoms with Gasteiger partial charge in [0.2, 0.25) is 17.5 Å². The first-order chi connectivity index (χ1) is 9.37. The summed E-state index contributed by atoms with van der Waals surface area (Å²) in [4.78, 5) is 3.77. The normalized spacial score (nSPS) is 26.0. The molecule has 2 heterocycles. The summed E-state index contributed by atoms with van der Waals surface area (Å²) >= 11 is 5.90. The number of anilines is 1. The predicted molar refractivity (Wildman–Crippen MR) is 68.7 cm³/mol. The lowest BCUT2D eigenvalue weighted by atomic mass is 9.78. The Labute approximate surface area is 118 Å². The number of fused-ring (bicyclic) bond motifs is 1. The van der Waals surface area contributed by atoms with Crippen molar-refractivity contribution in [3.63, 3.8) is 0 Å². The maximum atomic E-state index is 13.6. The molecule has 2 N–H and O–H groups in total. The van der Waals surface area contributed by atoms with Crippen LogP contribution < -0.4 is 5.73 Å². The zero-order chi connectivity index (χ0) is 14.5. The van der Waals surface area contributed by atoms with Crippen LogP contribution in [0.4, 0.5) is 14.7 Å². The fourth-order valence-electron chi connectivity index (χ4n) is 2.64. The quantitative estimate of drug-likeness (QED) is 0.874. The maximum absolute atomic E-state index is 13.6. The fraction of sp³-hybridized carbons (Fsp3) is 0.636. The number of rotatable bonds is 1. The third-order valence-electron chi connectivity index (χ3n) is 3.77. The highest BCUT2D eigenvalue weighted by molar-refractivity contribution is 6.32. The third kappa shape index (κ3) is 2.17. The number of nitrogen functional groups attached to an aromatic ring is 1. The minimum Gasteiger partial charge on any atom is -0.366 e. The van der Waals surface area contributed by atoms with Gasteiger partial charge in [0, 0.05) is 18.8 Å². The number of nitrogens with zero attached hydrogens (tertiary/aromatic N) is 5. The number of nitrogens with two attached hydrogens (primary N) is 1. The lowest BCUT2D eigenvalue weighted by Crippen LogP contribution is -2.31. The Hall–Kier alpha value is -1.57. The second-order valence-electron chi connectivity index (χ2n) is 5.24. The molecule has 1 saturated carbocycles. The molecule has 0 bridgehead atoms. The minimum atomic E-state index is -2.69. The molecule has 2 aromatic rings. The van der Waals surface area contributed by atoms with E-state index in [1.165, 1.54) is 4.52 Å². The Kier molecular flexibility index (Phi) is 3.00. The second kappa shape index (κ2) is 4.47. The summed E-state index contributed by atoms with van der Waals surface area (Å²) in [6, 6.07) is 0. The van der Waals surface area contributed by atoms with E-state index in [9.17, 15) is 8.78 Å². The third-order valence-corrected chi connectivity index (χ3v) is 4.02. The van der Waals surface area contributed by atoms with Gasteiger partial charge in [-0.25, -0.2) is 8.78 Å². The van der Waals surface area contributed by atoms with Crippen molar-refractivity contribution in [1.82, 2.24) is 24.8 Å². The zero-order valence-corrected chi connectivity index (χ0v) is 11.5. The molecule has 3 rings (SSSR count). The zero-order valence-electron chi connectivity index (χ0n) is 10.7. The molecule has 0 aliphatic heterocycles. The topological polar surface area (TPSA) is 82.0 Å². The van der Waals surface area contributed by atoms with E-state index in [1.807, 2.05) is 6.92 Å². The molecule has 1 aliphatic carbocycles. The molecule has 0 radical (unpaired) electrons. The Morgan fingerprint density at radius 2 is 2.15 bits per heavy atom. The van der Waals surface area contributed by atoms with Crippen LogP contribution in [0.1, 0.15) is 37.9 Å². The molecule has 6 nitrogen and oxygen atoms in total. The summed E-state index contributed by atoms with van der Waals surface area (Å²) in [5.41, 5.74) is 5.77. The minimum absolute atomic E-state index is 0.0428. The average Bonchev–Trinajstić information content (AvgIpc) is 2.76. The molecule has 0 aromatic carbocycles. The summed E-state index contributed by atoms with van der Waals surface area (Å²) in [7, 11) is 0. The van der Waals surface area contributed by atoms with Crippen LogP contribution in [0, 0.1) is 5.92 Å². The van der Waals surface area contributed by atoms with Crippen molar-refractivity contribution in [2.24, 2.45) is 5.92 Å². The van der Waals surface area contributed by atoms with Crippen molar-refractivity contribution in [2.45, 2.75) is 38.0 Å². The van der Waals surface area contributed by atoms with Gasteiger partial charge < -0.3 is 5.73 Å². The monoisotopic (exact) mass is 302 g/mol. The van der Waals surface area contributed by atoms with Gasteiger partial charge in [-0.05, 0) is 12.3 Å². The van der Waals surface area contributed by atoms with Gasteiger partial charge in [-0.3, -0.25) is 0 Å². The maximum Gasteiger partial charge on any atom is 0.248 e. The number of hydrogen-bond donors (Lipinski definition) is 1. The van der Waals surface area contributed by atoms with E-state index in [-0.39, 0.29) is 35.5 Å².